The number of benzene rings is 2. The Kier molecular flexibility index (Phi) is 3.61. The van der Waals surface area contributed by atoms with Gasteiger partial charge < -0.3 is 4.90 Å². The number of aromatic amines is 1. The first-order valence-corrected chi connectivity index (χ1v) is 8.18. The van der Waals surface area contributed by atoms with Gasteiger partial charge in [-0.1, -0.05) is 54.6 Å². The Labute approximate surface area is 140 Å². The standard InChI is InChI=1S/C19H18N4O/c1-2-7-17(24)23-12-13-8-3-4-9-14(13)18-19(21-22-20-18)15-10-5-6-11-16(15)23/h3-6,8-11H,2,7,12H2,1H3,(H,20,21,22). The average molecular weight is 318 g/mol. The van der Waals surface area contributed by atoms with Gasteiger partial charge in [-0.3, -0.25) is 9.89 Å². The summed E-state index contributed by atoms with van der Waals surface area (Å²) in [5.74, 6) is 0.135. The second-order valence-corrected chi connectivity index (χ2v) is 5.94. The van der Waals surface area contributed by atoms with Crippen LogP contribution < -0.4 is 4.90 Å². The maximum absolute atomic E-state index is 12.8. The Hall–Kier alpha value is -2.95. The molecule has 0 unspecified atom stereocenters. The van der Waals surface area contributed by atoms with Gasteiger partial charge in [-0.05, 0) is 18.1 Å². The average Bonchev–Trinajstić information content (AvgIpc) is 3.08. The number of nitrogens with zero attached hydrogens (tertiary/aromatic N) is 3. The Bertz CT molecular complexity index is 900. The molecule has 4 rings (SSSR count). The van der Waals surface area contributed by atoms with Crippen LogP contribution >= 0.6 is 0 Å². The van der Waals surface area contributed by atoms with E-state index >= 15 is 0 Å². The first kappa shape index (κ1) is 14.6. The fourth-order valence-electron chi connectivity index (χ4n) is 3.24. The van der Waals surface area contributed by atoms with Crippen LogP contribution in [0.3, 0.4) is 0 Å². The van der Waals surface area contributed by atoms with Gasteiger partial charge in [0.25, 0.3) is 0 Å². The summed E-state index contributed by atoms with van der Waals surface area (Å²) in [6.07, 6.45) is 1.36. The van der Waals surface area contributed by atoms with Gasteiger partial charge in [-0.2, -0.15) is 0 Å². The van der Waals surface area contributed by atoms with Gasteiger partial charge in [0.05, 0.1) is 17.9 Å². The van der Waals surface area contributed by atoms with Gasteiger partial charge in [0, 0.05) is 17.5 Å². The van der Waals surface area contributed by atoms with Crippen LogP contribution in [0.2, 0.25) is 0 Å². The monoisotopic (exact) mass is 318 g/mol. The van der Waals surface area contributed by atoms with Gasteiger partial charge >= 0.3 is 0 Å². The highest BCUT2D eigenvalue weighted by molar-refractivity contribution is 6.00. The van der Waals surface area contributed by atoms with Gasteiger partial charge in [0.1, 0.15) is 5.69 Å². The van der Waals surface area contributed by atoms with Crippen LogP contribution in [0.4, 0.5) is 5.69 Å². The van der Waals surface area contributed by atoms with Crippen molar-refractivity contribution in [3.05, 3.63) is 54.1 Å². The van der Waals surface area contributed by atoms with Crippen molar-refractivity contribution in [1.82, 2.24) is 15.4 Å². The quantitative estimate of drug-likeness (QED) is 0.782. The van der Waals surface area contributed by atoms with Crippen molar-refractivity contribution in [3.63, 3.8) is 0 Å². The largest absolute Gasteiger partial charge is 0.307 e. The van der Waals surface area contributed by atoms with E-state index in [0.29, 0.717) is 13.0 Å². The molecule has 5 heteroatoms. The Morgan fingerprint density at radius 2 is 1.88 bits per heavy atom. The molecule has 0 atom stereocenters. The summed E-state index contributed by atoms with van der Waals surface area (Å²) in [7, 11) is 0. The minimum absolute atomic E-state index is 0.135. The first-order valence-electron chi connectivity index (χ1n) is 8.18. The van der Waals surface area contributed by atoms with Crippen molar-refractivity contribution >= 4 is 11.6 Å². The Morgan fingerprint density at radius 3 is 2.71 bits per heavy atom. The molecule has 0 spiro atoms. The number of hydrogen-bond donors (Lipinski definition) is 1. The smallest absolute Gasteiger partial charge is 0.227 e. The molecule has 2 heterocycles. The van der Waals surface area contributed by atoms with Crippen LogP contribution in [0.15, 0.2) is 48.5 Å². The Balaban J connectivity index is 1.98. The molecule has 120 valence electrons. The van der Waals surface area contributed by atoms with E-state index in [-0.39, 0.29) is 5.91 Å². The van der Waals surface area contributed by atoms with Crippen molar-refractivity contribution in [2.75, 3.05) is 4.90 Å². The van der Waals surface area contributed by atoms with E-state index in [2.05, 4.69) is 15.4 Å². The van der Waals surface area contributed by atoms with Gasteiger partial charge in [0.15, 0.2) is 0 Å². The molecule has 5 nitrogen and oxygen atoms in total. The van der Waals surface area contributed by atoms with Crippen LogP contribution in [-0.2, 0) is 11.3 Å². The molecular weight excluding hydrogens is 300 g/mol. The minimum Gasteiger partial charge on any atom is -0.307 e. The zero-order chi connectivity index (χ0) is 16.5. The lowest BCUT2D eigenvalue weighted by Gasteiger charge is -2.28. The summed E-state index contributed by atoms with van der Waals surface area (Å²) in [4.78, 5) is 14.6. The third kappa shape index (κ3) is 2.29. The fraction of sp³-hybridized carbons (Fsp3) is 0.211. The molecule has 0 bridgehead atoms. The number of rotatable bonds is 2. The van der Waals surface area contributed by atoms with Crippen molar-refractivity contribution in [2.45, 2.75) is 26.3 Å². The van der Waals surface area contributed by atoms with Crippen LogP contribution in [0.25, 0.3) is 22.5 Å². The molecule has 1 N–H and O–H groups in total. The van der Waals surface area contributed by atoms with Gasteiger partial charge in [-0.15, -0.1) is 5.10 Å². The highest BCUT2D eigenvalue weighted by Gasteiger charge is 2.26. The zero-order valence-electron chi connectivity index (χ0n) is 13.5. The number of nitrogens with one attached hydrogen (secondary N) is 1. The number of H-pyrrole nitrogens is 1. The molecule has 1 amide bonds. The summed E-state index contributed by atoms with van der Waals surface area (Å²) < 4.78 is 0. The topological polar surface area (TPSA) is 61.9 Å². The number of aromatic nitrogens is 3. The number of carbonyl (C=O) groups is 1. The van der Waals surface area contributed by atoms with E-state index in [1.807, 2.05) is 60.4 Å². The summed E-state index contributed by atoms with van der Waals surface area (Å²) in [5, 5.41) is 11.3. The summed E-state index contributed by atoms with van der Waals surface area (Å²) in [6.45, 7) is 2.57. The second kappa shape index (κ2) is 5.92. The number of anilines is 1. The predicted octanol–water partition coefficient (Wildman–Crippen LogP) is 3.79. The number of carbonyl (C=O) groups excluding carboxylic acids is 1. The number of fused-ring (bicyclic) bond motifs is 5. The molecule has 2 aromatic carbocycles. The SMILES string of the molecule is CCCC(=O)N1Cc2ccccc2-c2nn[nH]c2-c2ccccc21. The molecule has 1 aliphatic heterocycles. The van der Waals surface area contributed by atoms with Crippen molar-refractivity contribution in [3.8, 4) is 22.5 Å². The lowest BCUT2D eigenvalue weighted by molar-refractivity contribution is -0.118. The van der Waals surface area contributed by atoms with E-state index in [4.69, 9.17) is 0 Å². The van der Waals surface area contributed by atoms with Crippen LogP contribution in [0, 0.1) is 0 Å². The molecule has 1 aromatic heterocycles. The minimum atomic E-state index is 0.135. The third-order valence-electron chi connectivity index (χ3n) is 4.38. The molecule has 24 heavy (non-hydrogen) atoms. The van der Waals surface area contributed by atoms with Crippen molar-refractivity contribution in [2.24, 2.45) is 0 Å². The maximum Gasteiger partial charge on any atom is 0.227 e. The van der Waals surface area contributed by atoms with Crippen LogP contribution in [0.1, 0.15) is 25.3 Å². The van der Waals surface area contributed by atoms with Gasteiger partial charge in [0.2, 0.25) is 5.91 Å². The summed E-state index contributed by atoms with van der Waals surface area (Å²) in [6, 6.07) is 16.0. The van der Waals surface area contributed by atoms with E-state index < -0.39 is 0 Å². The van der Waals surface area contributed by atoms with E-state index in [9.17, 15) is 4.79 Å². The van der Waals surface area contributed by atoms with E-state index in [0.717, 1.165) is 40.2 Å². The molecule has 0 saturated carbocycles. The summed E-state index contributed by atoms with van der Waals surface area (Å²) >= 11 is 0. The highest BCUT2D eigenvalue weighted by atomic mass is 16.2. The molecule has 0 fully saturated rings. The van der Waals surface area contributed by atoms with Crippen LogP contribution in [0.5, 0.6) is 0 Å². The first-order chi connectivity index (χ1) is 11.8. The number of hydrogen-bond acceptors (Lipinski definition) is 3. The van der Waals surface area contributed by atoms with Crippen LogP contribution in [-0.4, -0.2) is 21.3 Å². The van der Waals surface area contributed by atoms with E-state index in [1.54, 1.807) is 0 Å². The lowest BCUT2D eigenvalue weighted by atomic mass is 9.95. The highest BCUT2D eigenvalue weighted by Crippen LogP contribution is 2.39. The van der Waals surface area contributed by atoms with Crippen molar-refractivity contribution < 1.29 is 4.79 Å². The molecule has 3 aromatic rings. The fourth-order valence-corrected chi connectivity index (χ4v) is 3.24. The zero-order valence-corrected chi connectivity index (χ0v) is 13.5. The molecule has 0 radical (unpaired) electrons. The molecule has 0 aliphatic carbocycles. The molecular formula is C19H18N4O. The predicted molar refractivity (Wildman–Crippen MR) is 93.4 cm³/mol. The molecule has 1 aliphatic rings. The van der Waals surface area contributed by atoms with Crippen molar-refractivity contribution in [1.29, 1.82) is 0 Å². The lowest BCUT2D eigenvalue weighted by Crippen LogP contribution is -2.31. The molecule has 0 saturated heterocycles. The normalized spacial score (nSPS) is 12.6. The maximum atomic E-state index is 12.8. The number of para-hydroxylation sites is 1. The Morgan fingerprint density at radius 1 is 1.12 bits per heavy atom. The summed E-state index contributed by atoms with van der Waals surface area (Å²) in [5.41, 5.74) is 5.64. The number of amides is 1. The van der Waals surface area contributed by atoms with E-state index in [1.165, 1.54) is 0 Å². The third-order valence-corrected chi connectivity index (χ3v) is 4.38. The second-order valence-electron chi connectivity index (χ2n) is 5.94. The van der Waals surface area contributed by atoms with Gasteiger partial charge in [-0.25, -0.2) is 0 Å².